The lowest BCUT2D eigenvalue weighted by Crippen LogP contribution is -2.14. The monoisotopic (exact) mass is 254 g/mol. The Morgan fingerprint density at radius 2 is 2.07 bits per heavy atom. The van der Waals surface area contributed by atoms with Crippen LogP contribution in [-0.4, -0.2) is 40.2 Å². The van der Waals surface area contributed by atoms with Crippen LogP contribution >= 0.6 is 7.37 Å². The van der Waals surface area contributed by atoms with Crippen LogP contribution in [0.1, 0.15) is 6.92 Å². The van der Waals surface area contributed by atoms with Crippen LogP contribution in [0.3, 0.4) is 0 Å². The number of hydrogen-bond acceptors (Lipinski definition) is 5. The van der Waals surface area contributed by atoms with E-state index in [1.807, 2.05) is 5.92 Å². The van der Waals surface area contributed by atoms with Crippen molar-refractivity contribution in [3.05, 3.63) is 0 Å². The number of hydrogen-bond donors (Lipinski definition) is 0. The topological polar surface area (TPSA) is 69.7 Å². The molecule has 1 atom stereocenters. The Morgan fingerprint density at radius 1 is 1.47 bits per heavy atom. The van der Waals surface area contributed by atoms with Gasteiger partial charge < -0.3 is 4.52 Å². The standard InChI is InChI=1S/C8H15O5PS/c1-4-6-13-15(10,11)8-7-14(3,9)12-5-2/h1H,5-8H2,2-3H3. The van der Waals surface area contributed by atoms with E-state index in [0.717, 1.165) is 0 Å². The predicted molar refractivity (Wildman–Crippen MR) is 58.6 cm³/mol. The maximum atomic E-state index is 11.6. The maximum Gasteiger partial charge on any atom is 0.268 e. The molecule has 0 N–H and O–H groups in total. The van der Waals surface area contributed by atoms with Crippen LogP contribution in [0.5, 0.6) is 0 Å². The van der Waals surface area contributed by atoms with E-state index < -0.39 is 17.5 Å². The Kier molecular flexibility index (Phi) is 6.15. The molecule has 0 rings (SSSR count). The quantitative estimate of drug-likeness (QED) is 0.383. The van der Waals surface area contributed by atoms with E-state index in [1.165, 1.54) is 6.66 Å². The molecule has 0 aliphatic rings. The van der Waals surface area contributed by atoms with Crippen molar-refractivity contribution in [2.45, 2.75) is 6.92 Å². The lowest BCUT2D eigenvalue weighted by molar-refractivity contribution is 0.336. The van der Waals surface area contributed by atoms with E-state index in [2.05, 4.69) is 4.18 Å². The molecule has 5 nitrogen and oxygen atoms in total. The molecular weight excluding hydrogens is 239 g/mol. The van der Waals surface area contributed by atoms with Crippen molar-refractivity contribution in [2.24, 2.45) is 0 Å². The van der Waals surface area contributed by atoms with E-state index in [-0.39, 0.29) is 18.5 Å². The molecule has 1 unspecified atom stereocenters. The second-order valence-corrected chi connectivity index (χ2v) is 7.38. The normalized spacial score (nSPS) is 15.5. The summed E-state index contributed by atoms with van der Waals surface area (Å²) in [5.41, 5.74) is 0. The fourth-order valence-electron chi connectivity index (χ4n) is 0.798. The SMILES string of the molecule is C#CCOS(=O)(=O)CCP(C)(=O)OCC. The molecule has 7 heteroatoms. The van der Waals surface area contributed by atoms with E-state index in [4.69, 9.17) is 10.9 Å². The Balaban J connectivity index is 4.16. The molecule has 0 aliphatic heterocycles. The van der Waals surface area contributed by atoms with Crippen molar-refractivity contribution in [3.8, 4) is 12.3 Å². The lowest BCUT2D eigenvalue weighted by atomic mass is 10.8. The maximum absolute atomic E-state index is 11.6. The van der Waals surface area contributed by atoms with Gasteiger partial charge in [0.05, 0.1) is 12.4 Å². The smallest absolute Gasteiger partial charge is 0.268 e. The van der Waals surface area contributed by atoms with Gasteiger partial charge in [0.25, 0.3) is 10.1 Å². The van der Waals surface area contributed by atoms with E-state index >= 15 is 0 Å². The third-order valence-corrected chi connectivity index (χ3v) is 4.80. The molecule has 0 aliphatic carbocycles. The second-order valence-electron chi connectivity index (χ2n) is 2.88. The number of terminal acetylenes is 1. The molecule has 0 aromatic carbocycles. The number of rotatable bonds is 7. The molecule has 0 aromatic heterocycles. The summed E-state index contributed by atoms with van der Waals surface area (Å²) >= 11 is 0. The summed E-state index contributed by atoms with van der Waals surface area (Å²) in [7, 11) is -6.52. The first kappa shape index (κ1) is 14.7. The van der Waals surface area contributed by atoms with E-state index in [1.54, 1.807) is 6.92 Å². The third-order valence-electron chi connectivity index (χ3n) is 1.47. The summed E-state index contributed by atoms with van der Waals surface area (Å²) < 4.78 is 43.2. The van der Waals surface area contributed by atoms with Gasteiger partial charge in [0, 0.05) is 12.8 Å². The third kappa shape index (κ3) is 7.57. The average molecular weight is 254 g/mol. The minimum Gasteiger partial charge on any atom is -0.329 e. The minimum absolute atomic E-state index is 0.0618. The Hall–Kier alpha value is -0.340. The van der Waals surface area contributed by atoms with Gasteiger partial charge in [-0.25, -0.2) is 0 Å². The van der Waals surface area contributed by atoms with E-state index in [0.29, 0.717) is 6.61 Å². The molecule has 0 radical (unpaired) electrons. The summed E-state index contributed by atoms with van der Waals surface area (Å²) in [6, 6.07) is 0. The first-order valence-corrected chi connectivity index (χ1v) is 8.18. The molecule has 0 aromatic rings. The summed E-state index contributed by atoms with van der Waals surface area (Å²) in [4.78, 5) is 0. The van der Waals surface area contributed by atoms with Crippen molar-refractivity contribution < 1.29 is 21.7 Å². The van der Waals surface area contributed by atoms with Crippen molar-refractivity contribution in [3.63, 3.8) is 0 Å². The van der Waals surface area contributed by atoms with Crippen LogP contribution in [0.4, 0.5) is 0 Å². The highest BCUT2D eigenvalue weighted by molar-refractivity contribution is 7.87. The second kappa shape index (κ2) is 6.29. The predicted octanol–water partition coefficient (Wildman–Crippen LogP) is 0.910. The van der Waals surface area contributed by atoms with Crippen molar-refractivity contribution in [1.82, 2.24) is 0 Å². The zero-order valence-corrected chi connectivity index (χ0v) is 10.5. The zero-order valence-electron chi connectivity index (χ0n) is 8.80. The first-order valence-electron chi connectivity index (χ1n) is 4.34. The molecule has 0 bridgehead atoms. The van der Waals surface area contributed by atoms with Gasteiger partial charge in [-0.1, -0.05) is 5.92 Å². The Labute approximate surface area is 90.7 Å². The highest BCUT2D eigenvalue weighted by Crippen LogP contribution is 2.41. The fourth-order valence-corrected chi connectivity index (χ4v) is 4.06. The summed E-state index contributed by atoms with van der Waals surface area (Å²) in [5.74, 6) is 1.70. The highest BCUT2D eigenvalue weighted by atomic mass is 32.2. The van der Waals surface area contributed by atoms with Gasteiger partial charge >= 0.3 is 0 Å². The summed E-state index contributed by atoms with van der Waals surface area (Å²) in [5, 5.41) is 0. The largest absolute Gasteiger partial charge is 0.329 e. The Morgan fingerprint density at radius 3 is 2.53 bits per heavy atom. The molecule has 0 fully saturated rings. The van der Waals surface area contributed by atoms with Crippen LogP contribution in [0, 0.1) is 12.3 Å². The Bertz CT molecular complexity index is 367. The molecule has 0 saturated carbocycles. The first-order chi connectivity index (χ1) is 6.83. The molecule has 0 heterocycles. The van der Waals surface area contributed by atoms with Gasteiger partial charge in [-0.3, -0.25) is 8.75 Å². The van der Waals surface area contributed by atoms with Gasteiger partial charge in [-0.05, 0) is 6.92 Å². The van der Waals surface area contributed by atoms with Crippen LogP contribution in [0.25, 0.3) is 0 Å². The molecule has 0 spiro atoms. The van der Waals surface area contributed by atoms with Crippen molar-refractivity contribution in [1.29, 1.82) is 0 Å². The molecule has 15 heavy (non-hydrogen) atoms. The van der Waals surface area contributed by atoms with Crippen LogP contribution in [-0.2, 0) is 23.4 Å². The van der Waals surface area contributed by atoms with Gasteiger partial charge in [-0.15, -0.1) is 6.42 Å². The van der Waals surface area contributed by atoms with Crippen LogP contribution in [0.15, 0.2) is 0 Å². The zero-order chi connectivity index (χ0) is 11.9. The molecule has 88 valence electrons. The summed E-state index contributed by atoms with van der Waals surface area (Å²) in [6.45, 7) is 3.08. The van der Waals surface area contributed by atoms with Gasteiger partial charge in [0.1, 0.15) is 6.61 Å². The average Bonchev–Trinajstić information content (AvgIpc) is 2.12. The van der Waals surface area contributed by atoms with Crippen LogP contribution in [0.2, 0.25) is 0 Å². The van der Waals surface area contributed by atoms with Gasteiger partial charge in [0.2, 0.25) is 7.37 Å². The van der Waals surface area contributed by atoms with Crippen LogP contribution < -0.4 is 0 Å². The highest BCUT2D eigenvalue weighted by Gasteiger charge is 2.20. The van der Waals surface area contributed by atoms with Gasteiger partial charge in [0.15, 0.2) is 0 Å². The van der Waals surface area contributed by atoms with Crippen molar-refractivity contribution >= 4 is 17.5 Å². The minimum atomic E-state index is -3.69. The fraction of sp³-hybridized carbons (Fsp3) is 0.750. The molecular formula is C8H15O5PS. The lowest BCUT2D eigenvalue weighted by Gasteiger charge is -2.11. The summed E-state index contributed by atoms with van der Waals surface area (Å²) in [6.07, 6.45) is 4.78. The van der Waals surface area contributed by atoms with E-state index in [9.17, 15) is 13.0 Å². The van der Waals surface area contributed by atoms with Crippen molar-refractivity contribution in [2.75, 3.05) is 31.8 Å². The molecule has 0 saturated heterocycles. The van der Waals surface area contributed by atoms with Gasteiger partial charge in [-0.2, -0.15) is 8.42 Å². The molecule has 0 amide bonds.